The lowest BCUT2D eigenvalue weighted by Crippen LogP contribution is -2.37. The summed E-state index contributed by atoms with van der Waals surface area (Å²) in [7, 11) is 1.66. The fourth-order valence-corrected chi connectivity index (χ4v) is 4.66. The number of imidazole rings is 1. The van der Waals surface area contributed by atoms with Gasteiger partial charge in [-0.25, -0.2) is 9.97 Å². The second-order valence-electron chi connectivity index (χ2n) is 9.32. The van der Waals surface area contributed by atoms with Gasteiger partial charge in [-0.05, 0) is 36.5 Å². The first kappa shape index (κ1) is 23.1. The van der Waals surface area contributed by atoms with E-state index in [-0.39, 0.29) is 5.91 Å². The molecule has 1 amide bonds. The van der Waals surface area contributed by atoms with E-state index < -0.39 is 0 Å². The van der Waals surface area contributed by atoms with Gasteiger partial charge in [0, 0.05) is 44.5 Å². The number of methoxy groups -OCH3 is 1. The number of aromatic nitrogens is 3. The van der Waals surface area contributed by atoms with E-state index in [0.717, 1.165) is 65.2 Å². The molecular formula is C26H35N5O2. The first-order valence-corrected chi connectivity index (χ1v) is 12.0. The number of nitrogen functional groups attached to an aromatic ring is 1. The molecule has 7 heteroatoms. The highest BCUT2D eigenvalue weighted by Gasteiger charge is 2.27. The number of anilines is 1. The van der Waals surface area contributed by atoms with Gasteiger partial charge in [0.1, 0.15) is 17.1 Å². The molecule has 0 bridgehead atoms. The summed E-state index contributed by atoms with van der Waals surface area (Å²) >= 11 is 0. The van der Waals surface area contributed by atoms with E-state index in [1.54, 1.807) is 7.11 Å². The van der Waals surface area contributed by atoms with Gasteiger partial charge in [-0.1, -0.05) is 32.9 Å². The number of nitrogens with two attached hydrogens (primary N) is 1. The summed E-state index contributed by atoms with van der Waals surface area (Å²) in [6.07, 6.45) is 3.85. The highest BCUT2D eigenvalue weighted by Crippen LogP contribution is 2.32. The van der Waals surface area contributed by atoms with Gasteiger partial charge in [0.2, 0.25) is 5.91 Å². The van der Waals surface area contributed by atoms with E-state index in [2.05, 4.69) is 25.3 Å². The minimum atomic E-state index is 0.171. The van der Waals surface area contributed by atoms with Crippen LogP contribution in [0.3, 0.4) is 0 Å². The Morgan fingerprint density at radius 3 is 2.61 bits per heavy atom. The molecule has 176 valence electrons. The second-order valence-corrected chi connectivity index (χ2v) is 9.32. The van der Waals surface area contributed by atoms with Crippen LogP contribution >= 0.6 is 0 Å². The molecule has 0 atom stereocenters. The lowest BCUT2D eigenvalue weighted by Gasteiger charge is -2.29. The molecule has 2 aromatic heterocycles. The summed E-state index contributed by atoms with van der Waals surface area (Å²) < 4.78 is 7.55. The molecule has 0 fully saturated rings. The number of aryl methyl sites for hydroxylation is 2. The number of carbonyl (C=O) groups is 1. The van der Waals surface area contributed by atoms with Crippen molar-refractivity contribution in [3.05, 3.63) is 46.9 Å². The first-order chi connectivity index (χ1) is 15.9. The van der Waals surface area contributed by atoms with Gasteiger partial charge in [0.25, 0.3) is 0 Å². The molecule has 1 aliphatic rings. The molecule has 1 aromatic carbocycles. The van der Waals surface area contributed by atoms with Crippen molar-refractivity contribution >= 4 is 22.8 Å². The van der Waals surface area contributed by atoms with Crippen molar-refractivity contribution in [2.75, 3.05) is 19.4 Å². The standard InChI is InChI=1S/C26H35N5O2/c1-5-6-22-29-24-25(31(22)15-17(2)3)20-16-30(14-13-21(20)28-26(24)27)23(32)12-9-18-7-10-19(33-4)11-8-18/h7-8,10-11,17H,5-6,9,12-16H2,1-4H3,(H2,27,28). The van der Waals surface area contributed by atoms with Gasteiger partial charge in [-0.3, -0.25) is 4.79 Å². The molecule has 4 rings (SSSR count). The fourth-order valence-electron chi connectivity index (χ4n) is 4.66. The van der Waals surface area contributed by atoms with Crippen molar-refractivity contribution in [2.24, 2.45) is 5.92 Å². The van der Waals surface area contributed by atoms with E-state index in [1.807, 2.05) is 29.2 Å². The quantitative estimate of drug-likeness (QED) is 0.558. The summed E-state index contributed by atoms with van der Waals surface area (Å²) in [4.78, 5) is 24.7. The zero-order valence-corrected chi connectivity index (χ0v) is 20.2. The molecule has 1 aliphatic heterocycles. The van der Waals surface area contributed by atoms with Gasteiger partial charge in [0.15, 0.2) is 5.82 Å². The number of hydrogen-bond donors (Lipinski definition) is 1. The first-order valence-electron chi connectivity index (χ1n) is 12.0. The summed E-state index contributed by atoms with van der Waals surface area (Å²) in [5.41, 5.74) is 11.4. The lowest BCUT2D eigenvalue weighted by atomic mass is 10.0. The molecule has 0 saturated heterocycles. The Balaban J connectivity index is 1.59. The minimum Gasteiger partial charge on any atom is -0.497 e. The maximum atomic E-state index is 13.1. The average Bonchev–Trinajstić information content (AvgIpc) is 3.16. The normalized spacial score (nSPS) is 13.5. The number of amides is 1. The predicted molar refractivity (Wildman–Crippen MR) is 131 cm³/mol. The summed E-state index contributed by atoms with van der Waals surface area (Å²) in [5, 5.41) is 0. The molecule has 0 saturated carbocycles. The van der Waals surface area contributed by atoms with Gasteiger partial charge in [-0.2, -0.15) is 0 Å². The Hall–Kier alpha value is -3.09. The zero-order valence-electron chi connectivity index (χ0n) is 20.2. The average molecular weight is 450 g/mol. The van der Waals surface area contributed by atoms with Crippen LogP contribution in [0.1, 0.15) is 56.3 Å². The molecule has 0 radical (unpaired) electrons. The van der Waals surface area contributed by atoms with E-state index >= 15 is 0 Å². The largest absolute Gasteiger partial charge is 0.497 e. The Morgan fingerprint density at radius 2 is 1.94 bits per heavy atom. The maximum Gasteiger partial charge on any atom is 0.223 e. The van der Waals surface area contributed by atoms with Crippen LogP contribution < -0.4 is 10.5 Å². The number of benzene rings is 1. The van der Waals surface area contributed by atoms with Gasteiger partial charge < -0.3 is 19.9 Å². The number of fused-ring (bicyclic) bond motifs is 3. The Labute approximate surface area is 196 Å². The third-order valence-corrected chi connectivity index (χ3v) is 6.31. The molecule has 3 aromatic rings. The molecular weight excluding hydrogens is 414 g/mol. The van der Waals surface area contributed by atoms with Gasteiger partial charge in [-0.15, -0.1) is 0 Å². The van der Waals surface area contributed by atoms with Crippen LogP contribution in [-0.4, -0.2) is 39.0 Å². The van der Waals surface area contributed by atoms with E-state index in [1.165, 1.54) is 0 Å². The number of rotatable bonds is 8. The minimum absolute atomic E-state index is 0.171. The van der Waals surface area contributed by atoms with Crippen molar-refractivity contribution in [2.45, 2.75) is 66.0 Å². The predicted octanol–water partition coefficient (Wildman–Crippen LogP) is 4.15. The van der Waals surface area contributed by atoms with Crippen molar-refractivity contribution in [3.63, 3.8) is 0 Å². The highest BCUT2D eigenvalue weighted by atomic mass is 16.5. The number of carbonyl (C=O) groups excluding carboxylic acids is 1. The number of pyridine rings is 1. The number of nitrogens with zero attached hydrogens (tertiary/aromatic N) is 4. The Morgan fingerprint density at radius 1 is 1.18 bits per heavy atom. The topological polar surface area (TPSA) is 86.3 Å². The Bertz CT molecular complexity index is 1130. The van der Waals surface area contributed by atoms with Crippen molar-refractivity contribution in [3.8, 4) is 5.75 Å². The highest BCUT2D eigenvalue weighted by molar-refractivity contribution is 5.89. The Kier molecular flexibility index (Phi) is 6.86. The number of hydrogen-bond acceptors (Lipinski definition) is 5. The van der Waals surface area contributed by atoms with Crippen LogP contribution in [0.2, 0.25) is 0 Å². The summed E-state index contributed by atoms with van der Waals surface area (Å²) in [6.45, 7) is 8.72. The lowest BCUT2D eigenvalue weighted by molar-refractivity contribution is -0.132. The number of ether oxygens (including phenoxy) is 1. The molecule has 0 unspecified atom stereocenters. The van der Waals surface area contributed by atoms with Crippen LogP contribution in [0, 0.1) is 5.92 Å². The molecule has 3 heterocycles. The molecule has 0 spiro atoms. The zero-order chi connectivity index (χ0) is 23.5. The van der Waals surface area contributed by atoms with Crippen molar-refractivity contribution < 1.29 is 9.53 Å². The molecule has 7 nitrogen and oxygen atoms in total. The summed E-state index contributed by atoms with van der Waals surface area (Å²) in [6, 6.07) is 7.92. The second kappa shape index (κ2) is 9.81. The van der Waals surface area contributed by atoms with E-state index in [0.29, 0.717) is 37.7 Å². The molecule has 0 aliphatic carbocycles. The van der Waals surface area contributed by atoms with Crippen molar-refractivity contribution in [1.82, 2.24) is 19.4 Å². The van der Waals surface area contributed by atoms with Crippen molar-refractivity contribution in [1.29, 1.82) is 0 Å². The SMILES string of the molecule is CCCc1nc2c(N)nc3c(c2n1CC(C)C)CN(C(=O)CCc1ccc(OC)cc1)CC3. The smallest absolute Gasteiger partial charge is 0.223 e. The maximum absolute atomic E-state index is 13.1. The van der Waals surface area contributed by atoms with E-state index in [4.69, 9.17) is 20.4 Å². The van der Waals surface area contributed by atoms with Crippen LogP contribution in [0.15, 0.2) is 24.3 Å². The van der Waals surface area contributed by atoms with Crippen LogP contribution in [0.4, 0.5) is 5.82 Å². The van der Waals surface area contributed by atoms with E-state index in [9.17, 15) is 4.79 Å². The summed E-state index contributed by atoms with van der Waals surface area (Å²) in [5.74, 6) is 3.04. The van der Waals surface area contributed by atoms with Crippen LogP contribution in [0.5, 0.6) is 5.75 Å². The third-order valence-electron chi connectivity index (χ3n) is 6.31. The van der Waals surface area contributed by atoms with Crippen LogP contribution in [-0.2, 0) is 37.1 Å². The van der Waals surface area contributed by atoms with Crippen LogP contribution in [0.25, 0.3) is 11.0 Å². The fraction of sp³-hybridized carbons (Fsp3) is 0.500. The molecule has 33 heavy (non-hydrogen) atoms. The molecule has 2 N–H and O–H groups in total. The van der Waals surface area contributed by atoms with Gasteiger partial charge >= 0.3 is 0 Å². The monoisotopic (exact) mass is 449 g/mol. The van der Waals surface area contributed by atoms with Gasteiger partial charge in [0.05, 0.1) is 18.3 Å². The third kappa shape index (κ3) is 4.82.